The van der Waals surface area contributed by atoms with Crippen LogP contribution in [0.25, 0.3) is 0 Å². The van der Waals surface area contributed by atoms with Crippen LogP contribution in [0.3, 0.4) is 0 Å². The van der Waals surface area contributed by atoms with Gasteiger partial charge in [0.2, 0.25) is 11.9 Å². The smallest absolute Gasteiger partial charge is 0.247 e. The van der Waals surface area contributed by atoms with E-state index in [1.165, 1.54) is 38.5 Å². The molecule has 1 saturated heterocycles. The topological polar surface area (TPSA) is 74.2 Å². The first-order valence-electron chi connectivity index (χ1n) is 8.69. The molecule has 1 aromatic rings. The van der Waals surface area contributed by atoms with Gasteiger partial charge in [0.05, 0.1) is 6.20 Å². The summed E-state index contributed by atoms with van der Waals surface area (Å²) in [7, 11) is 0. The summed E-state index contributed by atoms with van der Waals surface area (Å²) in [5.74, 6) is 1.61. The molecule has 2 aliphatic rings. The van der Waals surface area contributed by atoms with E-state index in [1.54, 1.807) is 13.1 Å². The molecular formula is C16H26N6O. The first-order valence-corrected chi connectivity index (χ1v) is 8.69. The second-order valence-corrected chi connectivity index (χ2v) is 6.47. The molecule has 7 heteroatoms. The maximum atomic E-state index is 11.4. The highest BCUT2D eigenvalue weighted by Crippen LogP contribution is 2.21. The molecule has 2 fully saturated rings. The van der Waals surface area contributed by atoms with Crippen LogP contribution in [0.1, 0.15) is 45.4 Å². The van der Waals surface area contributed by atoms with Crippen molar-refractivity contribution in [1.82, 2.24) is 20.1 Å². The largest absolute Gasteiger partial charge is 0.366 e. The second-order valence-electron chi connectivity index (χ2n) is 6.47. The Kier molecular flexibility index (Phi) is 5.25. The van der Waals surface area contributed by atoms with Crippen LogP contribution in [0.15, 0.2) is 6.20 Å². The Hall–Kier alpha value is -1.92. The van der Waals surface area contributed by atoms with Gasteiger partial charge in [-0.15, -0.1) is 5.10 Å². The summed E-state index contributed by atoms with van der Waals surface area (Å²) >= 11 is 0. The minimum Gasteiger partial charge on any atom is -0.366 e. The fourth-order valence-corrected chi connectivity index (χ4v) is 3.35. The fourth-order valence-electron chi connectivity index (χ4n) is 3.35. The van der Waals surface area contributed by atoms with Gasteiger partial charge in [0.1, 0.15) is 0 Å². The summed E-state index contributed by atoms with van der Waals surface area (Å²) in [6, 6.07) is 0.497. The molecule has 2 heterocycles. The molecule has 0 unspecified atom stereocenters. The van der Waals surface area contributed by atoms with E-state index in [1.807, 2.05) is 4.90 Å². The number of anilines is 2. The molecule has 0 radical (unpaired) electrons. The lowest BCUT2D eigenvalue weighted by Gasteiger charge is -2.34. The van der Waals surface area contributed by atoms with E-state index in [2.05, 4.69) is 25.4 Å². The standard InChI is InChI=1S/C16H26N6O/c1-13(23)21-8-10-22(11-9-21)16-19-15(12-17-20-16)18-14-6-4-2-3-5-7-14/h12,14H,2-11H2,1H3,(H,18,19,20). The molecule has 0 spiro atoms. The number of aromatic nitrogens is 3. The van der Waals surface area contributed by atoms with Gasteiger partial charge >= 0.3 is 0 Å². The average molecular weight is 318 g/mol. The maximum absolute atomic E-state index is 11.4. The maximum Gasteiger partial charge on any atom is 0.247 e. The van der Waals surface area contributed by atoms with Gasteiger partial charge in [-0.25, -0.2) is 0 Å². The van der Waals surface area contributed by atoms with Crippen LogP contribution in [0.5, 0.6) is 0 Å². The lowest BCUT2D eigenvalue weighted by atomic mass is 10.1. The lowest BCUT2D eigenvalue weighted by Crippen LogP contribution is -2.48. The Labute approximate surface area is 137 Å². The summed E-state index contributed by atoms with van der Waals surface area (Å²) in [6.45, 7) is 4.57. The van der Waals surface area contributed by atoms with Gasteiger partial charge in [0.25, 0.3) is 0 Å². The van der Waals surface area contributed by atoms with Crippen molar-refractivity contribution < 1.29 is 4.79 Å². The van der Waals surface area contributed by atoms with E-state index in [4.69, 9.17) is 0 Å². The number of amides is 1. The number of carbonyl (C=O) groups is 1. The van der Waals surface area contributed by atoms with Crippen LogP contribution >= 0.6 is 0 Å². The van der Waals surface area contributed by atoms with E-state index < -0.39 is 0 Å². The Bertz CT molecular complexity index is 521. The van der Waals surface area contributed by atoms with E-state index in [9.17, 15) is 4.79 Å². The van der Waals surface area contributed by atoms with Crippen molar-refractivity contribution in [1.29, 1.82) is 0 Å². The highest BCUT2D eigenvalue weighted by molar-refractivity contribution is 5.73. The normalized spacial score (nSPS) is 20.2. The SMILES string of the molecule is CC(=O)N1CCN(c2nncc(NC3CCCCCC3)n2)CC1. The Balaban J connectivity index is 1.60. The number of carbonyl (C=O) groups excluding carboxylic acids is 1. The van der Waals surface area contributed by atoms with Crippen molar-refractivity contribution in [2.45, 2.75) is 51.5 Å². The molecule has 1 aliphatic heterocycles. The highest BCUT2D eigenvalue weighted by atomic mass is 16.2. The van der Waals surface area contributed by atoms with Crippen molar-refractivity contribution in [3.8, 4) is 0 Å². The average Bonchev–Trinajstić information content (AvgIpc) is 2.84. The molecule has 0 bridgehead atoms. The van der Waals surface area contributed by atoms with Crippen LogP contribution in [-0.2, 0) is 4.79 Å². The lowest BCUT2D eigenvalue weighted by molar-refractivity contribution is -0.129. The first kappa shape index (κ1) is 16.0. The molecule has 1 N–H and O–H groups in total. The van der Waals surface area contributed by atoms with Gasteiger partial charge in [-0.1, -0.05) is 25.7 Å². The van der Waals surface area contributed by atoms with Crippen LogP contribution in [0.2, 0.25) is 0 Å². The summed E-state index contributed by atoms with van der Waals surface area (Å²) in [4.78, 5) is 20.0. The summed E-state index contributed by atoms with van der Waals surface area (Å²) in [5, 5.41) is 11.8. The Morgan fingerprint density at radius 3 is 2.48 bits per heavy atom. The third-order valence-electron chi connectivity index (χ3n) is 4.76. The molecule has 3 rings (SSSR count). The zero-order chi connectivity index (χ0) is 16.1. The molecule has 0 atom stereocenters. The van der Waals surface area contributed by atoms with Gasteiger partial charge in [0.15, 0.2) is 5.82 Å². The number of nitrogens with zero attached hydrogens (tertiary/aromatic N) is 5. The minimum absolute atomic E-state index is 0.132. The predicted molar refractivity (Wildman–Crippen MR) is 89.4 cm³/mol. The zero-order valence-corrected chi connectivity index (χ0v) is 13.9. The van der Waals surface area contributed by atoms with Crippen molar-refractivity contribution in [3.63, 3.8) is 0 Å². The Morgan fingerprint density at radius 2 is 1.83 bits per heavy atom. The van der Waals surface area contributed by atoms with Crippen LogP contribution < -0.4 is 10.2 Å². The van der Waals surface area contributed by atoms with Crippen molar-refractivity contribution in [3.05, 3.63) is 6.20 Å². The van der Waals surface area contributed by atoms with Gasteiger partial charge in [-0.2, -0.15) is 10.1 Å². The van der Waals surface area contributed by atoms with E-state index in [0.29, 0.717) is 12.0 Å². The molecule has 126 valence electrons. The molecule has 1 aromatic heterocycles. The van der Waals surface area contributed by atoms with Gasteiger partial charge < -0.3 is 15.1 Å². The van der Waals surface area contributed by atoms with Crippen molar-refractivity contribution in [2.24, 2.45) is 0 Å². The number of piperazine rings is 1. The summed E-state index contributed by atoms with van der Waals surface area (Å²) in [5.41, 5.74) is 0. The minimum atomic E-state index is 0.132. The van der Waals surface area contributed by atoms with E-state index >= 15 is 0 Å². The molecular weight excluding hydrogens is 292 g/mol. The van der Waals surface area contributed by atoms with E-state index in [0.717, 1.165) is 32.0 Å². The van der Waals surface area contributed by atoms with Crippen molar-refractivity contribution in [2.75, 3.05) is 36.4 Å². The van der Waals surface area contributed by atoms with Gasteiger partial charge in [-0.05, 0) is 12.8 Å². The zero-order valence-electron chi connectivity index (χ0n) is 13.9. The van der Waals surface area contributed by atoms with Crippen molar-refractivity contribution >= 4 is 17.7 Å². The molecule has 7 nitrogen and oxygen atoms in total. The second kappa shape index (κ2) is 7.57. The third kappa shape index (κ3) is 4.30. The molecule has 1 saturated carbocycles. The number of hydrogen-bond donors (Lipinski definition) is 1. The molecule has 23 heavy (non-hydrogen) atoms. The third-order valence-corrected chi connectivity index (χ3v) is 4.76. The summed E-state index contributed by atoms with van der Waals surface area (Å²) in [6.07, 6.45) is 9.37. The highest BCUT2D eigenvalue weighted by Gasteiger charge is 2.21. The Morgan fingerprint density at radius 1 is 1.13 bits per heavy atom. The first-order chi connectivity index (χ1) is 11.2. The van der Waals surface area contributed by atoms with E-state index in [-0.39, 0.29) is 5.91 Å². The van der Waals surface area contributed by atoms with Crippen LogP contribution in [-0.4, -0.2) is 58.2 Å². The summed E-state index contributed by atoms with van der Waals surface area (Å²) < 4.78 is 0. The van der Waals surface area contributed by atoms with Gasteiger partial charge in [-0.3, -0.25) is 4.79 Å². The monoisotopic (exact) mass is 318 g/mol. The predicted octanol–water partition coefficient (Wildman–Crippen LogP) is 1.67. The number of hydrogen-bond acceptors (Lipinski definition) is 6. The molecule has 1 aliphatic carbocycles. The quantitative estimate of drug-likeness (QED) is 0.855. The van der Waals surface area contributed by atoms with Crippen LogP contribution in [0.4, 0.5) is 11.8 Å². The molecule has 1 amide bonds. The number of rotatable bonds is 3. The molecule has 0 aromatic carbocycles. The fraction of sp³-hybridized carbons (Fsp3) is 0.750. The van der Waals surface area contributed by atoms with Crippen LogP contribution in [0, 0.1) is 0 Å². The van der Waals surface area contributed by atoms with Gasteiger partial charge in [0, 0.05) is 39.1 Å². The number of nitrogens with one attached hydrogen (secondary N) is 1.